The molecule has 0 aliphatic rings. The van der Waals surface area contributed by atoms with Crippen molar-refractivity contribution in [2.24, 2.45) is 0 Å². The van der Waals surface area contributed by atoms with E-state index in [9.17, 15) is 5.11 Å². The number of unbranched alkanes of at least 4 members (excludes halogenated alkanes) is 3. The van der Waals surface area contributed by atoms with Crippen molar-refractivity contribution in [1.29, 1.82) is 0 Å². The Bertz CT molecular complexity index is 1300. The molecule has 0 bridgehead atoms. The van der Waals surface area contributed by atoms with E-state index in [4.69, 9.17) is 9.72 Å². The van der Waals surface area contributed by atoms with Gasteiger partial charge in [0.05, 0.1) is 18.0 Å². The molecule has 0 fully saturated rings. The SMILES string of the molecule is CCCCCCOc1ccc(-c2nc3ccc(C#CC(C)(C)O)cn3c2Cc2ccccc2)cc1. The van der Waals surface area contributed by atoms with Gasteiger partial charge >= 0.3 is 0 Å². The van der Waals surface area contributed by atoms with Gasteiger partial charge < -0.3 is 14.2 Å². The highest BCUT2D eigenvalue weighted by Gasteiger charge is 2.15. The van der Waals surface area contributed by atoms with Crippen LogP contribution in [0.25, 0.3) is 16.9 Å². The van der Waals surface area contributed by atoms with E-state index in [-0.39, 0.29) is 0 Å². The standard InChI is InChI=1S/C31H34N2O2/c1-4-5-6-10-21-35-27-16-14-26(15-17-27)30-28(22-24-11-8-7-9-12-24)33-23-25(13-18-29(33)32-30)19-20-31(2,3)34/h7-9,11-18,23,34H,4-6,10,21-22H2,1-3H3. The molecule has 0 unspecified atom stereocenters. The van der Waals surface area contributed by atoms with Crippen molar-refractivity contribution in [3.8, 4) is 28.8 Å². The molecule has 2 heterocycles. The predicted molar refractivity (Wildman–Crippen MR) is 143 cm³/mol. The second-order valence-electron chi connectivity index (χ2n) is 9.46. The Kier molecular flexibility index (Phi) is 7.90. The number of ether oxygens (including phenoxy) is 1. The third kappa shape index (κ3) is 6.74. The quantitative estimate of drug-likeness (QED) is 0.221. The first-order valence-corrected chi connectivity index (χ1v) is 12.5. The molecule has 0 spiro atoms. The van der Waals surface area contributed by atoms with Crippen LogP contribution in [0.2, 0.25) is 0 Å². The molecule has 2 aromatic carbocycles. The maximum absolute atomic E-state index is 10.0. The van der Waals surface area contributed by atoms with E-state index in [1.54, 1.807) is 13.8 Å². The molecule has 0 radical (unpaired) electrons. The topological polar surface area (TPSA) is 46.8 Å². The first-order chi connectivity index (χ1) is 16.9. The minimum Gasteiger partial charge on any atom is -0.494 e. The van der Waals surface area contributed by atoms with Crippen LogP contribution in [0.3, 0.4) is 0 Å². The number of hydrogen-bond acceptors (Lipinski definition) is 3. The number of aromatic nitrogens is 2. The Labute approximate surface area is 208 Å². The van der Waals surface area contributed by atoms with Gasteiger partial charge in [-0.1, -0.05) is 68.4 Å². The Morgan fingerprint density at radius 3 is 2.43 bits per heavy atom. The molecule has 0 atom stereocenters. The number of rotatable bonds is 9. The largest absolute Gasteiger partial charge is 0.494 e. The monoisotopic (exact) mass is 466 g/mol. The third-order valence-corrected chi connectivity index (χ3v) is 5.84. The minimum atomic E-state index is -1.04. The maximum Gasteiger partial charge on any atom is 0.137 e. The van der Waals surface area contributed by atoms with Crippen LogP contribution >= 0.6 is 0 Å². The van der Waals surface area contributed by atoms with E-state index in [0.29, 0.717) is 0 Å². The highest BCUT2D eigenvalue weighted by molar-refractivity contribution is 5.68. The van der Waals surface area contributed by atoms with Crippen molar-refractivity contribution in [2.75, 3.05) is 6.61 Å². The molecular formula is C31H34N2O2. The summed E-state index contributed by atoms with van der Waals surface area (Å²) in [5.41, 5.74) is 5.00. The second kappa shape index (κ2) is 11.3. The fraction of sp³-hybridized carbons (Fsp3) is 0.323. The molecule has 0 amide bonds. The van der Waals surface area contributed by atoms with E-state index in [0.717, 1.165) is 53.4 Å². The van der Waals surface area contributed by atoms with Gasteiger partial charge in [0, 0.05) is 23.7 Å². The smallest absolute Gasteiger partial charge is 0.137 e. The predicted octanol–water partition coefficient (Wildman–Crippen LogP) is 6.67. The summed E-state index contributed by atoms with van der Waals surface area (Å²) in [7, 11) is 0. The van der Waals surface area contributed by atoms with Gasteiger partial charge in [-0.25, -0.2) is 4.98 Å². The lowest BCUT2D eigenvalue weighted by Crippen LogP contribution is -2.14. The zero-order valence-electron chi connectivity index (χ0n) is 20.9. The number of benzene rings is 2. The summed E-state index contributed by atoms with van der Waals surface area (Å²) in [5, 5.41) is 10.0. The first-order valence-electron chi connectivity index (χ1n) is 12.5. The summed E-state index contributed by atoms with van der Waals surface area (Å²) in [6.07, 6.45) is 7.53. The fourth-order valence-corrected chi connectivity index (χ4v) is 4.01. The fourth-order valence-electron chi connectivity index (χ4n) is 4.01. The van der Waals surface area contributed by atoms with Crippen molar-refractivity contribution < 1.29 is 9.84 Å². The summed E-state index contributed by atoms with van der Waals surface area (Å²) in [4.78, 5) is 4.98. The van der Waals surface area contributed by atoms with Crippen LogP contribution in [0.15, 0.2) is 72.9 Å². The number of aliphatic hydroxyl groups is 1. The summed E-state index contributed by atoms with van der Waals surface area (Å²) in [6, 6.07) is 22.6. The van der Waals surface area contributed by atoms with Crippen molar-refractivity contribution in [1.82, 2.24) is 9.38 Å². The molecule has 4 rings (SSSR count). The molecule has 4 heteroatoms. The summed E-state index contributed by atoms with van der Waals surface area (Å²) < 4.78 is 8.06. The van der Waals surface area contributed by atoms with E-state index in [1.165, 1.54) is 24.8 Å². The van der Waals surface area contributed by atoms with Crippen molar-refractivity contribution >= 4 is 5.65 Å². The number of fused-ring (bicyclic) bond motifs is 1. The van der Waals surface area contributed by atoms with Gasteiger partial charge in [-0.3, -0.25) is 0 Å². The Morgan fingerprint density at radius 1 is 0.943 bits per heavy atom. The van der Waals surface area contributed by atoms with Crippen LogP contribution in [-0.2, 0) is 6.42 Å². The minimum absolute atomic E-state index is 0.745. The van der Waals surface area contributed by atoms with Crippen molar-refractivity contribution in [3.05, 3.63) is 89.7 Å². The molecule has 0 saturated heterocycles. The average molecular weight is 467 g/mol. The van der Waals surface area contributed by atoms with E-state index < -0.39 is 5.60 Å². The van der Waals surface area contributed by atoms with Gasteiger partial charge in [0.15, 0.2) is 0 Å². The summed E-state index contributed by atoms with van der Waals surface area (Å²) in [5.74, 6) is 6.89. The van der Waals surface area contributed by atoms with Gasteiger partial charge in [-0.2, -0.15) is 0 Å². The number of imidazole rings is 1. The number of nitrogens with zero attached hydrogens (tertiary/aromatic N) is 2. The Balaban J connectivity index is 1.67. The van der Waals surface area contributed by atoms with Gasteiger partial charge in [-0.05, 0) is 62.2 Å². The Hall–Kier alpha value is -3.55. The molecule has 0 saturated carbocycles. The lowest BCUT2D eigenvalue weighted by atomic mass is 10.0. The van der Waals surface area contributed by atoms with Gasteiger partial charge in [0.1, 0.15) is 17.0 Å². The number of hydrogen-bond donors (Lipinski definition) is 1. The molecular weight excluding hydrogens is 432 g/mol. The molecule has 4 nitrogen and oxygen atoms in total. The van der Waals surface area contributed by atoms with Crippen LogP contribution in [-0.4, -0.2) is 26.7 Å². The third-order valence-electron chi connectivity index (χ3n) is 5.84. The van der Waals surface area contributed by atoms with E-state index in [1.807, 2.05) is 36.5 Å². The summed E-state index contributed by atoms with van der Waals surface area (Å²) >= 11 is 0. The molecule has 4 aromatic rings. The van der Waals surface area contributed by atoms with Crippen LogP contribution in [0.5, 0.6) is 5.75 Å². The van der Waals surface area contributed by atoms with Crippen molar-refractivity contribution in [2.45, 2.75) is 58.5 Å². The zero-order chi connectivity index (χ0) is 24.7. The normalized spacial score (nSPS) is 11.3. The second-order valence-corrected chi connectivity index (χ2v) is 9.46. The molecule has 1 N–H and O–H groups in total. The highest BCUT2D eigenvalue weighted by atomic mass is 16.5. The van der Waals surface area contributed by atoms with E-state index >= 15 is 0 Å². The summed E-state index contributed by atoms with van der Waals surface area (Å²) in [6.45, 7) is 6.34. The molecule has 35 heavy (non-hydrogen) atoms. The van der Waals surface area contributed by atoms with Crippen LogP contribution in [0, 0.1) is 11.8 Å². The molecule has 0 aliphatic heterocycles. The van der Waals surface area contributed by atoms with Gasteiger partial charge in [0.2, 0.25) is 0 Å². The Morgan fingerprint density at radius 2 is 1.71 bits per heavy atom. The lowest BCUT2D eigenvalue weighted by Gasteiger charge is -2.09. The molecule has 180 valence electrons. The van der Waals surface area contributed by atoms with Crippen LogP contribution in [0.1, 0.15) is 63.3 Å². The van der Waals surface area contributed by atoms with E-state index in [2.05, 4.69) is 59.6 Å². The van der Waals surface area contributed by atoms with Crippen LogP contribution < -0.4 is 4.74 Å². The van der Waals surface area contributed by atoms with Gasteiger partial charge in [-0.15, -0.1) is 0 Å². The zero-order valence-corrected chi connectivity index (χ0v) is 20.9. The van der Waals surface area contributed by atoms with Crippen LogP contribution in [0.4, 0.5) is 0 Å². The highest BCUT2D eigenvalue weighted by Crippen LogP contribution is 2.28. The first kappa shape index (κ1) is 24.6. The molecule has 2 aromatic heterocycles. The maximum atomic E-state index is 10.0. The lowest BCUT2D eigenvalue weighted by molar-refractivity contribution is 0.143. The molecule has 0 aliphatic carbocycles. The average Bonchev–Trinajstić information content (AvgIpc) is 3.21. The van der Waals surface area contributed by atoms with Crippen molar-refractivity contribution in [3.63, 3.8) is 0 Å². The number of pyridine rings is 1. The van der Waals surface area contributed by atoms with Gasteiger partial charge in [0.25, 0.3) is 0 Å².